The maximum absolute atomic E-state index is 13.1. The Morgan fingerprint density at radius 3 is 2.56 bits per heavy atom. The monoisotopic (exact) mass is 283 g/mol. The van der Waals surface area contributed by atoms with Crippen molar-refractivity contribution in [2.75, 3.05) is 0 Å². The molecule has 0 aliphatic rings. The van der Waals surface area contributed by atoms with Crippen LogP contribution in [0.4, 0.5) is 4.39 Å². The van der Waals surface area contributed by atoms with Gasteiger partial charge in [0, 0.05) is 17.0 Å². The van der Waals surface area contributed by atoms with Crippen LogP contribution in [0.2, 0.25) is 4.34 Å². The summed E-state index contributed by atoms with van der Waals surface area (Å²) in [5.41, 5.74) is 0.949. The third kappa shape index (κ3) is 3.31. The Labute approximate surface area is 116 Å². The van der Waals surface area contributed by atoms with Crippen LogP contribution < -0.4 is 5.32 Å². The number of halogens is 2. The van der Waals surface area contributed by atoms with E-state index in [9.17, 15) is 4.39 Å². The number of hydrogen-bond acceptors (Lipinski definition) is 2. The Kier molecular flexibility index (Phi) is 4.38. The fraction of sp³-hybridized carbons (Fsp3) is 0.286. The summed E-state index contributed by atoms with van der Waals surface area (Å²) in [6, 6.07) is 10.9. The van der Waals surface area contributed by atoms with E-state index in [1.165, 1.54) is 10.9 Å². The molecule has 4 heteroatoms. The van der Waals surface area contributed by atoms with E-state index in [2.05, 4.69) is 12.2 Å². The zero-order valence-electron chi connectivity index (χ0n) is 10.3. The largest absolute Gasteiger partial charge is 0.303 e. The highest BCUT2D eigenvalue weighted by Crippen LogP contribution is 2.28. The first-order chi connectivity index (χ1) is 8.56. The van der Waals surface area contributed by atoms with E-state index in [0.29, 0.717) is 0 Å². The lowest BCUT2D eigenvalue weighted by Crippen LogP contribution is -2.21. The molecule has 96 valence electrons. The average Bonchev–Trinajstić information content (AvgIpc) is 2.76. The number of rotatable bonds is 4. The van der Waals surface area contributed by atoms with Crippen LogP contribution in [0.15, 0.2) is 36.4 Å². The van der Waals surface area contributed by atoms with Crippen molar-refractivity contribution in [1.29, 1.82) is 0 Å². The molecule has 1 nitrogen and oxygen atoms in total. The van der Waals surface area contributed by atoms with Crippen LogP contribution in [0.25, 0.3) is 0 Å². The van der Waals surface area contributed by atoms with Gasteiger partial charge in [0.1, 0.15) is 5.82 Å². The summed E-state index contributed by atoms with van der Waals surface area (Å²) >= 11 is 7.48. The molecule has 0 saturated heterocycles. The summed E-state index contributed by atoms with van der Waals surface area (Å²) in [6.07, 6.45) is 0. The maximum Gasteiger partial charge on any atom is 0.123 e. The van der Waals surface area contributed by atoms with Crippen molar-refractivity contribution in [3.63, 3.8) is 0 Å². The fourth-order valence-corrected chi connectivity index (χ4v) is 2.96. The Morgan fingerprint density at radius 2 is 1.94 bits per heavy atom. The van der Waals surface area contributed by atoms with Crippen molar-refractivity contribution >= 4 is 22.9 Å². The summed E-state index contributed by atoms with van der Waals surface area (Å²) < 4.78 is 13.9. The lowest BCUT2D eigenvalue weighted by atomic mass is 10.1. The van der Waals surface area contributed by atoms with Crippen LogP contribution in [0.3, 0.4) is 0 Å². The van der Waals surface area contributed by atoms with Gasteiger partial charge in [-0.3, -0.25) is 0 Å². The molecule has 1 aromatic carbocycles. The van der Waals surface area contributed by atoms with Crippen LogP contribution in [0.1, 0.15) is 36.4 Å². The molecular formula is C14H15ClFNS. The second-order valence-corrected chi connectivity index (χ2v) is 6.05. The number of nitrogens with one attached hydrogen (secondary N) is 1. The van der Waals surface area contributed by atoms with E-state index in [0.717, 1.165) is 9.90 Å². The Morgan fingerprint density at radius 1 is 1.17 bits per heavy atom. The van der Waals surface area contributed by atoms with E-state index in [1.807, 2.05) is 25.1 Å². The Bertz CT molecular complexity index is 526. The molecule has 0 bridgehead atoms. The smallest absolute Gasteiger partial charge is 0.123 e. The molecule has 1 N–H and O–H groups in total. The molecule has 18 heavy (non-hydrogen) atoms. The molecule has 0 radical (unpaired) electrons. The van der Waals surface area contributed by atoms with Crippen molar-refractivity contribution in [3.05, 3.63) is 57.0 Å². The quantitative estimate of drug-likeness (QED) is 0.837. The second kappa shape index (κ2) is 5.83. The molecule has 0 spiro atoms. The third-order valence-electron chi connectivity index (χ3n) is 2.87. The van der Waals surface area contributed by atoms with Gasteiger partial charge in [0.15, 0.2) is 0 Å². The first kappa shape index (κ1) is 13.5. The van der Waals surface area contributed by atoms with Crippen LogP contribution in [0.5, 0.6) is 0 Å². The van der Waals surface area contributed by atoms with Crippen LogP contribution >= 0.6 is 22.9 Å². The number of hydrogen-bond donors (Lipinski definition) is 1. The SMILES string of the molecule is CC(NC(C)c1ccc(Cl)s1)c1cccc(F)c1. The molecule has 0 fully saturated rings. The van der Waals surface area contributed by atoms with E-state index < -0.39 is 0 Å². The van der Waals surface area contributed by atoms with Gasteiger partial charge in [0.2, 0.25) is 0 Å². The van der Waals surface area contributed by atoms with Gasteiger partial charge in [-0.2, -0.15) is 0 Å². The summed E-state index contributed by atoms with van der Waals surface area (Å²) in [5, 5.41) is 3.44. The van der Waals surface area contributed by atoms with E-state index in [-0.39, 0.29) is 17.9 Å². The lowest BCUT2D eigenvalue weighted by Gasteiger charge is -2.19. The molecule has 2 unspecified atom stereocenters. The van der Waals surface area contributed by atoms with E-state index >= 15 is 0 Å². The van der Waals surface area contributed by atoms with Gasteiger partial charge in [0.05, 0.1) is 4.34 Å². The van der Waals surface area contributed by atoms with Gasteiger partial charge in [-0.25, -0.2) is 4.39 Å². The molecule has 2 atom stereocenters. The molecule has 2 aromatic rings. The highest BCUT2D eigenvalue weighted by atomic mass is 35.5. The van der Waals surface area contributed by atoms with Crippen LogP contribution in [-0.4, -0.2) is 0 Å². The Balaban J connectivity index is 2.05. The first-order valence-electron chi connectivity index (χ1n) is 5.83. The minimum absolute atomic E-state index is 0.0941. The topological polar surface area (TPSA) is 12.0 Å². The van der Waals surface area contributed by atoms with Crippen molar-refractivity contribution in [2.24, 2.45) is 0 Å². The summed E-state index contributed by atoms with van der Waals surface area (Å²) in [5.74, 6) is -0.201. The zero-order chi connectivity index (χ0) is 13.1. The highest BCUT2D eigenvalue weighted by Gasteiger charge is 2.13. The zero-order valence-corrected chi connectivity index (χ0v) is 11.9. The minimum atomic E-state index is -0.201. The normalized spacial score (nSPS) is 14.4. The standard InChI is InChI=1S/C14H15ClFNS/c1-9(11-4-3-5-12(16)8-11)17-10(2)13-6-7-14(15)18-13/h3-10,17H,1-2H3. The lowest BCUT2D eigenvalue weighted by molar-refractivity contribution is 0.497. The van der Waals surface area contributed by atoms with Gasteiger partial charge in [-0.05, 0) is 43.7 Å². The molecular weight excluding hydrogens is 269 g/mol. The summed E-state index contributed by atoms with van der Waals surface area (Å²) in [4.78, 5) is 1.18. The molecule has 0 saturated carbocycles. The highest BCUT2D eigenvalue weighted by molar-refractivity contribution is 7.16. The predicted molar refractivity (Wildman–Crippen MR) is 75.7 cm³/mol. The number of thiophene rings is 1. The maximum atomic E-state index is 13.1. The molecule has 0 amide bonds. The van der Waals surface area contributed by atoms with Gasteiger partial charge in [0.25, 0.3) is 0 Å². The molecule has 0 aliphatic heterocycles. The van der Waals surface area contributed by atoms with Gasteiger partial charge >= 0.3 is 0 Å². The molecule has 2 rings (SSSR count). The Hall–Kier alpha value is -0.900. The van der Waals surface area contributed by atoms with Crippen LogP contribution in [-0.2, 0) is 0 Å². The van der Waals surface area contributed by atoms with Gasteiger partial charge < -0.3 is 5.32 Å². The van der Waals surface area contributed by atoms with E-state index in [4.69, 9.17) is 11.6 Å². The predicted octanol–water partition coefficient (Wildman–Crippen LogP) is 4.95. The van der Waals surface area contributed by atoms with Gasteiger partial charge in [-0.1, -0.05) is 23.7 Å². The molecule has 0 aliphatic carbocycles. The van der Waals surface area contributed by atoms with Gasteiger partial charge in [-0.15, -0.1) is 11.3 Å². The van der Waals surface area contributed by atoms with Crippen LogP contribution in [0, 0.1) is 5.82 Å². The second-order valence-electron chi connectivity index (χ2n) is 4.31. The molecule has 1 heterocycles. The summed E-state index contributed by atoms with van der Waals surface area (Å²) in [7, 11) is 0. The third-order valence-corrected chi connectivity index (χ3v) is 4.28. The minimum Gasteiger partial charge on any atom is -0.303 e. The number of benzene rings is 1. The van der Waals surface area contributed by atoms with Crippen molar-refractivity contribution in [1.82, 2.24) is 5.32 Å². The van der Waals surface area contributed by atoms with Crippen molar-refractivity contribution in [3.8, 4) is 0 Å². The summed E-state index contributed by atoms with van der Waals surface area (Å²) in [6.45, 7) is 4.11. The average molecular weight is 284 g/mol. The molecule has 1 aromatic heterocycles. The van der Waals surface area contributed by atoms with Crippen molar-refractivity contribution in [2.45, 2.75) is 25.9 Å². The van der Waals surface area contributed by atoms with Crippen molar-refractivity contribution < 1.29 is 4.39 Å². The fourth-order valence-electron chi connectivity index (χ4n) is 1.89. The first-order valence-corrected chi connectivity index (χ1v) is 7.02. The van der Waals surface area contributed by atoms with E-state index in [1.54, 1.807) is 23.5 Å².